The predicted octanol–water partition coefficient (Wildman–Crippen LogP) is 4.78. The van der Waals surface area contributed by atoms with Crippen molar-refractivity contribution in [3.05, 3.63) is 63.9 Å². The van der Waals surface area contributed by atoms with Crippen molar-refractivity contribution in [2.45, 2.75) is 33.4 Å². The smallest absolute Gasteiger partial charge is 0.119 e. The maximum Gasteiger partial charge on any atom is 0.119 e. The van der Waals surface area contributed by atoms with E-state index in [4.69, 9.17) is 4.74 Å². The first kappa shape index (κ1) is 15.8. The fourth-order valence-corrected chi connectivity index (χ4v) is 3.34. The topological polar surface area (TPSA) is 21.3 Å². The molecule has 0 spiro atoms. The summed E-state index contributed by atoms with van der Waals surface area (Å²) in [4.78, 5) is 2.78. The van der Waals surface area contributed by atoms with E-state index in [1.165, 1.54) is 20.9 Å². The molecule has 0 aliphatic carbocycles. The normalized spacial score (nSPS) is 12.1. The molecule has 1 heterocycles. The lowest BCUT2D eigenvalue weighted by Gasteiger charge is -2.14. The van der Waals surface area contributed by atoms with E-state index in [-0.39, 0.29) is 0 Å². The SMILES string of the molecule is C=CCOc1ccc(CNC(C)c2cc(C)sc2C)cc1. The van der Waals surface area contributed by atoms with Crippen molar-refractivity contribution in [3.63, 3.8) is 0 Å². The Balaban J connectivity index is 1.90. The van der Waals surface area contributed by atoms with Gasteiger partial charge in [-0.25, -0.2) is 0 Å². The van der Waals surface area contributed by atoms with Crippen LogP contribution in [0.15, 0.2) is 43.0 Å². The molecule has 1 aromatic heterocycles. The molecule has 0 radical (unpaired) electrons. The largest absolute Gasteiger partial charge is 0.490 e. The second kappa shape index (κ2) is 7.43. The van der Waals surface area contributed by atoms with Crippen LogP contribution in [0, 0.1) is 13.8 Å². The molecule has 0 fully saturated rings. The summed E-state index contributed by atoms with van der Waals surface area (Å²) in [5.74, 6) is 0.885. The van der Waals surface area contributed by atoms with Gasteiger partial charge in [0.15, 0.2) is 0 Å². The maximum atomic E-state index is 5.49. The third-order valence-corrected chi connectivity index (χ3v) is 4.43. The zero-order chi connectivity index (χ0) is 15.2. The zero-order valence-corrected chi connectivity index (χ0v) is 13.8. The summed E-state index contributed by atoms with van der Waals surface area (Å²) in [7, 11) is 0. The lowest BCUT2D eigenvalue weighted by molar-refractivity contribution is 0.363. The standard InChI is InChI=1S/C18H23NOS/c1-5-10-20-17-8-6-16(7-9-17)12-19-14(3)18-11-13(2)21-15(18)4/h5-9,11,14,19H,1,10,12H2,2-4H3. The Bertz CT molecular complexity index is 586. The van der Waals surface area contributed by atoms with Gasteiger partial charge in [-0.3, -0.25) is 0 Å². The quantitative estimate of drug-likeness (QED) is 0.743. The first-order chi connectivity index (χ1) is 10.1. The molecule has 0 amide bonds. The van der Waals surface area contributed by atoms with Gasteiger partial charge in [0.2, 0.25) is 0 Å². The Kier molecular flexibility index (Phi) is 5.59. The monoisotopic (exact) mass is 301 g/mol. The number of thiophene rings is 1. The summed E-state index contributed by atoms with van der Waals surface area (Å²) in [6.45, 7) is 11.6. The molecule has 2 rings (SSSR count). The molecule has 0 bridgehead atoms. The average molecular weight is 301 g/mol. The summed E-state index contributed by atoms with van der Waals surface area (Å²) in [6, 6.07) is 10.9. The summed E-state index contributed by atoms with van der Waals surface area (Å²) < 4.78 is 5.49. The predicted molar refractivity (Wildman–Crippen MR) is 91.2 cm³/mol. The van der Waals surface area contributed by atoms with E-state index in [0.717, 1.165) is 12.3 Å². The summed E-state index contributed by atoms with van der Waals surface area (Å²) in [5, 5.41) is 3.58. The van der Waals surface area contributed by atoms with Gasteiger partial charge >= 0.3 is 0 Å². The number of rotatable bonds is 7. The van der Waals surface area contributed by atoms with Gasteiger partial charge in [-0.1, -0.05) is 24.8 Å². The molecule has 112 valence electrons. The molecular weight excluding hydrogens is 278 g/mol. The van der Waals surface area contributed by atoms with Crippen LogP contribution in [0.3, 0.4) is 0 Å². The van der Waals surface area contributed by atoms with Crippen molar-refractivity contribution < 1.29 is 4.74 Å². The van der Waals surface area contributed by atoms with Crippen molar-refractivity contribution in [2.24, 2.45) is 0 Å². The number of benzene rings is 1. The minimum atomic E-state index is 0.367. The third kappa shape index (κ3) is 4.45. The molecule has 1 N–H and O–H groups in total. The van der Waals surface area contributed by atoms with E-state index in [1.807, 2.05) is 23.5 Å². The highest BCUT2D eigenvalue weighted by Gasteiger charge is 2.10. The molecule has 2 nitrogen and oxygen atoms in total. The average Bonchev–Trinajstić information content (AvgIpc) is 2.82. The Hall–Kier alpha value is -1.58. The molecule has 1 unspecified atom stereocenters. The highest BCUT2D eigenvalue weighted by Crippen LogP contribution is 2.26. The van der Waals surface area contributed by atoms with E-state index in [9.17, 15) is 0 Å². The van der Waals surface area contributed by atoms with Gasteiger partial charge in [0.05, 0.1) is 0 Å². The lowest BCUT2D eigenvalue weighted by atomic mass is 10.1. The van der Waals surface area contributed by atoms with Crippen LogP contribution in [-0.4, -0.2) is 6.61 Å². The fourth-order valence-electron chi connectivity index (χ4n) is 2.32. The first-order valence-corrected chi connectivity index (χ1v) is 8.04. The van der Waals surface area contributed by atoms with Crippen LogP contribution in [0.25, 0.3) is 0 Å². The van der Waals surface area contributed by atoms with E-state index in [2.05, 4.69) is 50.9 Å². The molecule has 3 heteroatoms. The highest BCUT2D eigenvalue weighted by atomic mass is 32.1. The Morgan fingerprint density at radius 3 is 2.57 bits per heavy atom. The molecule has 0 aliphatic rings. The molecule has 1 atom stereocenters. The number of hydrogen-bond donors (Lipinski definition) is 1. The molecule has 0 aliphatic heterocycles. The maximum absolute atomic E-state index is 5.49. The molecule has 2 aromatic rings. The molecule has 1 aromatic carbocycles. The van der Waals surface area contributed by atoms with E-state index < -0.39 is 0 Å². The van der Waals surface area contributed by atoms with Crippen LogP contribution in [0.4, 0.5) is 0 Å². The van der Waals surface area contributed by atoms with Crippen molar-refractivity contribution in [1.29, 1.82) is 0 Å². The fraction of sp³-hybridized carbons (Fsp3) is 0.333. The van der Waals surface area contributed by atoms with E-state index in [0.29, 0.717) is 12.6 Å². The molecule has 21 heavy (non-hydrogen) atoms. The first-order valence-electron chi connectivity index (χ1n) is 7.23. The number of hydrogen-bond acceptors (Lipinski definition) is 3. The van der Waals surface area contributed by atoms with E-state index in [1.54, 1.807) is 6.08 Å². The number of ether oxygens (including phenoxy) is 1. The van der Waals surface area contributed by atoms with Crippen molar-refractivity contribution in [3.8, 4) is 5.75 Å². The van der Waals surface area contributed by atoms with Gasteiger partial charge in [-0.05, 0) is 50.1 Å². The van der Waals surface area contributed by atoms with Gasteiger partial charge in [0.1, 0.15) is 12.4 Å². The van der Waals surface area contributed by atoms with Crippen LogP contribution in [0.1, 0.15) is 33.8 Å². The van der Waals surface area contributed by atoms with Crippen LogP contribution in [0.5, 0.6) is 5.75 Å². The summed E-state index contributed by atoms with van der Waals surface area (Å²) >= 11 is 1.86. The number of aryl methyl sites for hydroxylation is 2. The van der Waals surface area contributed by atoms with Crippen LogP contribution < -0.4 is 10.1 Å². The minimum Gasteiger partial charge on any atom is -0.490 e. The summed E-state index contributed by atoms with van der Waals surface area (Å²) in [6.07, 6.45) is 1.75. The van der Waals surface area contributed by atoms with Crippen LogP contribution in [-0.2, 0) is 6.54 Å². The van der Waals surface area contributed by atoms with Crippen LogP contribution in [0.2, 0.25) is 0 Å². The zero-order valence-electron chi connectivity index (χ0n) is 13.0. The van der Waals surface area contributed by atoms with Crippen LogP contribution >= 0.6 is 11.3 Å². The van der Waals surface area contributed by atoms with Crippen molar-refractivity contribution in [1.82, 2.24) is 5.32 Å². The third-order valence-electron chi connectivity index (χ3n) is 3.45. The molecular formula is C18H23NOS. The van der Waals surface area contributed by atoms with E-state index >= 15 is 0 Å². The molecule has 0 saturated heterocycles. The van der Waals surface area contributed by atoms with Gasteiger partial charge in [-0.2, -0.15) is 0 Å². The van der Waals surface area contributed by atoms with Gasteiger partial charge in [-0.15, -0.1) is 11.3 Å². The van der Waals surface area contributed by atoms with Gasteiger partial charge < -0.3 is 10.1 Å². The second-order valence-electron chi connectivity index (χ2n) is 5.21. The lowest BCUT2D eigenvalue weighted by Crippen LogP contribution is -2.18. The van der Waals surface area contributed by atoms with Crippen molar-refractivity contribution in [2.75, 3.05) is 6.61 Å². The summed E-state index contributed by atoms with van der Waals surface area (Å²) in [5.41, 5.74) is 2.67. The minimum absolute atomic E-state index is 0.367. The Morgan fingerprint density at radius 2 is 2.00 bits per heavy atom. The Labute approximate surface area is 131 Å². The molecule has 0 saturated carbocycles. The van der Waals surface area contributed by atoms with Gasteiger partial charge in [0.25, 0.3) is 0 Å². The van der Waals surface area contributed by atoms with Crippen molar-refractivity contribution >= 4 is 11.3 Å². The highest BCUT2D eigenvalue weighted by molar-refractivity contribution is 7.12. The van der Waals surface area contributed by atoms with Gasteiger partial charge in [0, 0.05) is 22.3 Å². The Morgan fingerprint density at radius 1 is 1.29 bits per heavy atom. The number of nitrogens with one attached hydrogen (secondary N) is 1. The second-order valence-corrected chi connectivity index (χ2v) is 6.68.